The van der Waals surface area contributed by atoms with Crippen molar-refractivity contribution < 1.29 is 0 Å². The van der Waals surface area contributed by atoms with Gasteiger partial charge in [-0.25, -0.2) is 4.99 Å². The van der Waals surface area contributed by atoms with E-state index in [0.717, 1.165) is 24.4 Å². The Hall–Kier alpha value is -5.75. The summed E-state index contributed by atoms with van der Waals surface area (Å²) in [7, 11) is 2.22. The first-order valence-corrected chi connectivity index (χ1v) is 20.7. The predicted octanol–water partition coefficient (Wildman–Crippen LogP) is 13.1. The Balaban J connectivity index is 1.09. The van der Waals surface area contributed by atoms with Gasteiger partial charge in [0.15, 0.2) is 0 Å². The van der Waals surface area contributed by atoms with E-state index in [0.29, 0.717) is 11.8 Å². The van der Waals surface area contributed by atoms with Gasteiger partial charge in [0.2, 0.25) is 0 Å². The third-order valence-electron chi connectivity index (χ3n) is 12.6. The summed E-state index contributed by atoms with van der Waals surface area (Å²) in [6, 6.07) is 55.4. The molecule has 4 nitrogen and oxygen atoms in total. The summed E-state index contributed by atoms with van der Waals surface area (Å²) >= 11 is 1.89. The van der Waals surface area contributed by atoms with Crippen LogP contribution in [0.3, 0.4) is 0 Å². The zero-order chi connectivity index (χ0) is 38.0. The van der Waals surface area contributed by atoms with Crippen LogP contribution in [-0.4, -0.2) is 22.4 Å². The lowest BCUT2D eigenvalue weighted by molar-refractivity contribution is 0.0600. The van der Waals surface area contributed by atoms with Crippen LogP contribution in [-0.2, 0) is 5.66 Å². The van der Waals surface area contributed by atoms with Gasteiger partial charge in [-0.05, 0) is 108 Å². The second-order valence-electron chi connectivity index (χ2n) is 16.0. The van der Waals surface area contributed by atoms with E-state index in [1.807, 2.05) is 11.3 Å². The number of hydrogen-bond acceptors (Lipinski definition) is 4. The number of benzene rings is 6. The number of hydrogen-bond donors (Lipinski definition) is 1. The first-order valence-electron chi connectivity index (χ1n) is 19.9. The number of fused-ring (bicyclic) bond motifs is 5. The van der Waals surface area contributed by atoms with Crippen molar-refractivity contribution in [1.82, 2.24) is 14.8 Å². The van der Waals surface area contributed by atoms with E-state index in [9.17, 15) is 0 Å². The number of para-hydroxylation sites is 1. The molecule has 4 atom stereocenters. The molecule has 10 rings (SSSR count). The Kier molecular flexibility index (Phi) is 8.54. The summed E-state index contributed by atoms with van der Waals surface area (Å²) in [5.41, 5.74) is 10.4. The third kappa shape index (κ3) is 5.80. The Bertz CT molecular complexity index is 2790. The van der Waals surface area contributed by atoms with Crippen molar-refractivity contribution in [3.05, 3.63) is 174 Å². The zero-order valence-electron chi connectivity index (χ0n) is 32.4. The molecule has 0 spiro atoms. The van der Waals surface area contributed by atoms with Crippen LogP contribution in [0.25, 0.3) is 59.1 Å². The lowest BCUT2D eigenvalue weighted by atomic mass is 9.81. The van der Waals surface area contributed by atoms with Crippen molar-refractivity contribution >= 4 is 49.1 Å². The monoisotopic (exact) mass is 746 g/mol. The summed E-state index contributed by atoms with van der Waals surface area (Å²) in [5, 5.41) is 7.91. The van der Waals surface area contributed by atoms with Crippen LogP contribution in [0.15, 0.2) is 168 Å². The number of nitrogens with zero attached hydrogens (tertiary/aromatic N) is 3. The van der Waals surface area contributed by atoms with Gasteiger partial charge in [0.25, 0.3) is 0 Å². The molecule has 0 saturated carbocycles. The highest BCUT2D eigenvalue weighted by atomic mass is 32.1. The number of aliphatic imine (C=N–C) groups is 1. The average Bonchev–Trinajstić information content (AvgIpc) is 3.83. The Labute approximate surface area is 333 Å². The smallest absolute Gasteiger partial charge is 0.132 e. The molecule has 8 aromatic rings. The van der Waals surface area contributed by atoms with Gasteiger partial charge in [-0.15, -0.1) is 11.3 Å². The highest BCUT2D eigenvalue weighted by Crippen LogP contribution is 2.44. The molecule has 1 aliphatic heterocycles. The average molecular weight is 747 g/mol. The summed E-state index contributed by atoms with van der Waals surface area (Å²) in [4.78, 5) is 9.21. The topological polar surface area (TPSA) is 32.6 Å². The molecule has 0 fully saturated rings. The first kappa shape index (κ1) is 34.7. The van der Waals surface area contributed by atoms with Crippen molar-refractivity contribution in [1.29, 1.82) is 0 Å². The number of nitrogens with one attached hydrogen (secondary N) is 1. The molecular weight excluding hydrogens is 701 g/mol. The van der Waals surface area contributed by atoms with Crippen molar-refractivity contribution in [3.8, 4) is 27.3 Å². The molecule has 4 unspecified atom stereocenters. The van der Waals surface area contributed by atoms with Gasteiger partial charge in [-0.3, -0.25) is 4.90 Å². The highest BCUT2D eigenvalue weighted by Gasteiger charge is 2.42. The van der Waals surface area contributed by atoms with E-state index in [1.54, 1.807) is 0 Å². The molecule has 276 valence electrons. The van der Waals surface area contributed by atoms with Crippen LogP contribution >= 0.6 is 11.3 Å². The van der Waals surface area contributed by atoms with E-state index in [2.05, 4.69) is 200 Å². The molecule has 1 N–H and O–H groups in total. The highest BCUT2D eigenvalue weighted by molar-refractivity contribution is 7.23. The molecule has 0 radical (unpaired) electrons. The van der Waals surface area contributed by atoms with Crippen LogP contribution < -0.4 is 5.32 Å². The molecule has 0 saturated heterocycles. The minimum absolute atomic E-state index is 0.167. The molecule has 5 heteroatoms. The van der Waals surface area contributed by atoms with Gasteiger partial charge in [0.05, 0.1) is 11.0 Å². The summed E-state index contributed by atoms with van der Waals surface area (Å²) in [5.74, 6) is 2.28. The van der Waals surface area contributed by atoms with Gasteiger partial charge in [0.1, 0.15) is 17.7 Å². The Morgan fingerprint density at radius 1 is 0.696 bits per heavy atom. The number of thiophene rings is 1. The number of allylic oxidation sites excluding steroid dienone is 1. The van der Waals surface area contributed by atoms with Crippen molar-refractivity contribution in [3.63, 3.8) is 0 Å². The molecule has 2 aliphatic rings. The van der Waals surface area contributed by atoms with Crippen LogP contribution in [0.2, 0.25) is 0 Å². The standard InChI is InChI=1S/C51H46N4S/c1-33-22-23-40(30-34(33)2)49-52-50(38-26-24-36(25-27-38)35-14-7-5-8-15-35)54(4)51(3,53-49)41-18-13-19-42(32-41)55-44-21-12-11-20-43(44)47-45(55)29-28-39-31-46(56-48(39)47)37-16-9-6-10-17-37/h5-21,23-29,31-34,50H,22,30H2,1-4H3,(H,52,53). The minimum atomic E-state index is -0.548. The lowest BCUT2D eigenvalue weighted by Crippen LogP contribution is -2.59. The van der Waals surface area contributed by atoms with Crippen LogP contribution in [0, 0.1) is 11.8 Å². The maximum atomic E-state index is 5.51. The second-order valence-corrected chi connectivity index (χ2v) is 17.1. The van der Waals surface area contributed by atoms with E-state index in [-0.39, 0.29) is 6.17 Å². The Morgan fingerprint density at radius 3 is 2.18 bits per heavy atom. The first-order chi connectivity index (χ1) is 27.4. The molecule has 1 aliphatic carbocycles. The maximum Gasteiger partial charge on any atom is 0.132 e. The number of rotatable bonds is 6. The van der Waals surface area contributed by atoms with Crippen LogP contribution in [0.4, 0.5) is 0 Å². The third-order valence-corrected chi connectivity index (χ3v) is 13.8. The lowest BCUT2D eigenvalue weighted by Gasteiger charge is -2.48. The predicted molar refractivity (Wildman–Crippen MR) is 238 cm³/mol. The van der Waals surface area contributed by atoms with E-state index >= 15 is 0 Å². The molecule has 3 heterocycles. The fourth-order valence-corrected chi connectivity index (χ4v) is 10.1. The normalized spacial score (nSPS) is 21.6. The van der Waals surface area contributed by atoms with Gasteiger partial charge in [0, 0.05) is 26.0 Å². The quantitative estimate of drug-likeness (QED) is 0.184. The van der Waals surface area contributed by atoms with E-state index < -0.39 is 5.66 Å². The molecule has 0 bridgehead atoms. The second kappa shape index (κ2) is 13.8. The summed E-state index contributed by atoms with van der Waals surface area (Å²) in [6.45, 7) is 7.08. The van der Waals surface area contributed by atoms with Crippen molar-refractivity contribution in [2.75, 3.05) is 7.05 Å². The van der Waals surface area contributed by atoms with E-state index in [1.165, 1.54) is 70.2 Å². The molecule has 56 heavy (non-hydrogen) atoms. The van der Waals surface area contributed by atoms with E-state index in [4.69, 9.17) is 4.99 Å². The molecule has 0 amide bonds. The van der Waals surface area contributed by atoms with Gasteiger partial charge >= 0.3 is 0 Å². The molecule has 6 aromatic carbocycles. The van der Waals surface area contributed by atoms with Gasteiger partial charge in [-0.1, -0.05) is 141 Å². The minimum Gasteiger partial charge on any atom is -0.348 e. The number of amidine groups is 1. The number of aromatic nitrogens is 1. The fourth-order valence-electron chi connectivity index (χ4n) is 8.92. The zero-order valence-corrected chi connectivity index (χ0v) is 33.2. The van der Waals surface area contributed by atoms with Crippen LogP contribution in [0.5, 0.6) is 0 Å². The SMILES string of the molecule is CC1CC=C(C2=NC(c3ccc(-c4ccccc4)cc3)N(C)C(C)(c3cccc(-n4c5ccccc5c5c6sc(-c7ccccc7)cc6ccc54)c3)N2)CC1C. The largest absolute Gasteiger partial charge is 0.348 e. The van der Waals surface area contributed by atoms with Gasteiger partial charge in [-0.2, -0.15) is 0 Å². The molecule has 2 aromatic heterocycles. The van der Waals surface area contributed by atoms with Gasteiger partial charge < -0.3 is 9.88 Å². The van der Waals surface area contributed by atoms with Crippen LogP contribution in [0.1, 0.15) is 50.9 Å². The van der Waals surface area contributed by atoms with Crippen molar-refractivity contribution in [2.24, 2.45) is 16.8 Å². The fraction of sp³-hybridized carbons (Fsp3) is 0.196. The maximum absolute atomic E-state index is 5.51. The molecular formula is C51H46N4S. The van der Waals surface area contributed by atoms with Crippen molar-refractivity contribution in [2.45, 2.75) is 45.4 Å². The summed E-state index contributed by atoms with van der Waals surface area (Å²) < 4.78 is 3.79. The Morgan fingerprint density at radius 2 is 1.41 bits per heavy atom. The summed E-state index contributed by atoms with van der Waals surface area (Å²) in [6.07, 6.45) is 4.37.